The van der Waals surface area contributed by atoms with Crippen molar-refractivity contribution in [1.29, 1.82) is 0 Å². The fourth-order valence-corrected chi connectivity index (χ4v) is 8.16. The summed E-state index contributed by atoms with van der Waals surface area (Å²) in [6.07, 6.45) is 10.3. The molecule has 5 fully saturated rings. The van der Waals surface area contributed by atoms with Crippen LogP contribution in [0.15, 0.2) is 0 Å². The first-order valence-electron chi connectivity index (χ1n) is 11.3. The van der Waals surface area contributed by atoms with Gasteiger partial charge in [0.25, 0.3) is 0 Å². The zero-order chi connectivity index (χ0) is 18.5. The zero-order valence-corrected chi connectivity index (χ0v) is 15.6. The van der Waals surface area contributed by atoms with Crippen LogP contribution in [-0.4, -0.2) is 17.9 Å². The summed E-state index contributed by atoms with van der Waals surface area (Å²) >= 11 is 0. The Morgan fingerprint density at radius 1 is 1.00 bits per heavy atom. The Morgan fingerprint density at radius 3 is 2.46 bits per heavy atom. The van der Waals surface area contributed by atoms with Gasteiger partial charge in [0.05, 0.1) is 14.9 Å². The third-order valence-electron chi connectivity index (χ3n) is 9.59. The molecule has 0 amide bonds. The average molecular weight is 333 g/mol. The van der Waals surface area contributed by atoms with Crippen LogP contribution in [0.4, 0.5) is 0 Å². The van der Waals surface area contributed by atoms with Crippen LogP contribution in [0, 0.1) is 40.4 Å². The van der Waals surface area contributed by atoms with Crippen LogP contribution < -0.4 is 0 Å². The summed E-state index contributed by atoms with van der Waals surface area (Å²) in [5.74, 6) is 3.61. The van der Waals surface area contributed by atoms with E-state index in [9.17, 15) is 4.79 Å². The summed E-state index contributed by atoms with van der Waals surface area (Å²) in [7, 11) is 0. The van der Waals surface area contributed by atoms with Crippen molar-refractivity contribution in [1.82, 2.24) is 0 Å². The number of epoxide rings is 1. The molecule has 4 aliphatic carbocycles. The first kappa shape index (κ1) is 13.8. The van der Waals surface area contributed by atoms with Gasteiger partial charge >= 0.3 is 0 Å². The van der Waals surface area contributed by atoms with Crippen molar-refractivity contribution in [3.8, 4) is 0 Å². The van der Waals surface area contributed by atoms with E-state index in [0.717, 1.165) is 43.4 Å². The number of hydrogen-bond acceptors (Lipinski definition) is 2. The van der Waals surface area contributed by atoms with Gasteiger partial charge in [-0.15, -0.1) is 0 Å². The zero-order valence-electron chi connectivity index (χ0n) is 17.6. The van der Waals surface area contributed by atoms with Crippen molar-refractivity contribution >= 4 is 5.78 Å². The lowest BCUT2D eigenvalue weighted by Crippen LogP contribution is -2.54. The maximum Gasteiger partial charge on any atom is 0.133 e. The van der Waals surface area contributed by atoms with Crippen molar-refractivity contribution in [3.63, 3.8) is 0 Å². The van der Waals surface area contributed by atoms with Crippen molar-refractivity contribution in [3.05, 3.63) is 0 Å². The maximum atomic E-state index is 12.2. The van der Waals surface area contributed by atoms with E-state index in [1.54, 1.807) is 0 Å². The number of fused-ring (bicyclic) bond motifs is 5. The predicted molar refractivity (Wildman–Crippen MR) is 94.6 cm³/mol. The van der Waals surface area contributed by atoms with Crippen LogP contribution >= 0.6 is 0 Å². The van der Waals surface area contributed by atoms with Gasteiger partial charge < -0.3 is 4.74 Å². The lowest BCUT2D eigenvalue weighted by atomic mass is 9.44. The monoisotopic (exact) mass is 332 g/mol. The third kappa shape index (κ3) is 1.95. The molecule has 0 aromatic heterocycles. The molecule has 0 aromatic carbocycles. The molecule has 1 heterocycles. The molecule has 0 N–H and O–H groups in total. The van der Waals surface area contributed by atoms with Gasteiger partial charge in [-0.1, -0.05) is 13.8 Å². The minimum atomic E-state index is -1.38. The van der Waals surface area contributed by atoms with E-state index >= 15 is 0 Å². The average Bonchev–Trinajstić information content (AvgIpc) is 2.91. The molecule has 2 nitrogen and oxygen atoms in total. The molecule has 24 heavy (non-hydrogen) atoms. The standard InChI is InChI=1S/C22H34O2/c1-14(23)17-6-7-18-16-5-4-15-12-22(13-24-22)11-10-20(15,2)19(16)8-9-21(17,18)3/h15-19H,4-13H2,1-3H3/t15-,16-,17+,18-,19-,20-,21+,22+/m0/s1/i13D2. The second-order valence-electron chi connectivity index (χ2n) is 10.3. The topological polar surface area (TPSA) is 29.6 Å². The molecule has 1 aliphatic heterocycles. The van der Waals surface area contributed by atoms with E-state index in [0.29, 0.717) is 23.0 Å². The molecule has 134 valence electrons. The molecule has 1 spiro atoms. The molecular weight excluding hydrogens is 296 g/mol. The van der Waals surface area contributed by atoms with Crippen LogP contribution in [0.5, 0.6) is 0 Å². The van der Waals surface area contributed by atoms with E-state index in [1.165, 1.54) is 32.1 Å². The summed E-state index contributed by atoms with van der Waals surface area (Å²) in [4.78, 5) is 12.2. The Hall–Kier alpha value is -0.370. The van der Waals surface area contributed by atoms with Crippen molar-refractivity contribution < 1.29 is 12.3 Å². The van der Waals surface area contributed by atoms with E-state index < -0.39 is 12.2 Å². The second kappa shape index (κ2) is 4.87. The van der Waals surface area contributed by atoms with Gasteiger partial charge in [-0.05, 0) is 99.2 Å². The van der Waals surface area contributed by atoms with Crippen LogP contribution in [0.2, 0.25) is 0 Å². The molecule has 5 rings (SSSR count). The summed E-state index contributed by atoms with van der Waals surface area (Å²) < 4.78 is 21.7. The smallest absolute Gasteiger partial charge is 0.133 e. The number of Topliss-reactive ketones (excluding diaryl/α,β-unsaturated/α-hetero) is 1. The Balaban J connectivity index is 1.40. The molecule has 1 saturated heterocycles. The highest BCUT2D eigenvalue weighted by Gasteiger charge is 2.63. The summed E-state index contributed by atoms with van der Waals surface area (Å²) in [5, 5.41) is 0. The van der Waals surface area contributed by atoms with Gasteiger partial charge in [0.2, 0.25) is 0 Å². The third-order valence-corrected chi connectivity index (χ3v) is 9.59. The predicted octanol–water partition coefficient (Wildman–Crippen LogP) is 5.00. The normalized spacial score (nSPS) is 62.0. The SMILES string of the molecule is [2H]C1([2H])O[C@@]12CC[C@@]1(C)[C@@H](CC[C@@H]3[C@@H]1CC[C@]1(C)[C@@H](C(C)=O)CC[C@@H]31)C2. The molecule has 2 heteroatoms. The minimum Gasteiger partial charge on any atom is -0.370 e. The molecule has 0 bridgehead atoms. The largest absolute Gasteiger partial charge is 0.370 e. The van der Waals surface area contributed by atoms with Gasteiger partial charge in [0.1, 0.15) is 5.78 Å². The van der Waals surface area contributed by atoms with E-state index in [1.807, 2.05) is 6.92 Å². The van der Waals surface area contributed by atoms with E-state index in [2.05, 4.69) is 13.8 Å². The summed E-state index contributed by atoms with van der Waals surface area (Å²) in [6.45, 7) is 5.37. The number of ketones is 1. The highest BCUT2D eigenvalue weighted by molar-refractivity contribution is 5.79. The van der Waals surface area contributed by atoms with Crippen molar-refractivity contribution in [2.45, 2.75) is 84.2 Å². The fraction of sp³-hybridized carbons (Fsp3) is 0.955. The Bertz CT molecular complexity index is 648. The lowest BCUT2D eigenvalue weighted by Gasteiger charge is -2.61. The number of carbonyl (C=O) groups excluding carboxylic acids is 1. The van der Waals surface area contributed by atoms with Gasteiger partial charge in [-0.2, -0.15) is 0 Å². The highest BCUT2D eigenvalue weighted by atomic mass is 16.6. The molecule has 4 saturated carbocycles. The van der Waals surface area contributed by atoms with Crippen molar-refractivity contribution in [2.75, 3.05) is 6.56 Å². The maximum absolute atomic E-state index is 12.2. The Morgan fingerprint density at radius 2 is 1.75 bits per heavy atom. The number of ether oxygens (including phenoxy) is 1. The summed E-state index contributed by atoms with van der Waals surface area (Å²) in [5.41, 5.74) is 0.134. The van der Waals surface area contributed by atoms with Gasteiger partial charge in [-0.25, -0.2) is 0 Å². The first-order chi connectivity index (χ1) is 12.1. The lowest BCUT2D eigenvalue weighted by molar-refractivity contribution is -0.136. The number of rotatable bonds is 1. The number of hydrogen-bond donors (Lipinski definition) is 0. The molecular formula is C22H34O2. The van der Waals surface area contributed by atoms with Gasteiger partial charge in [-0.3, -0.25) is 4.79 Å². The fourth-order valence-electron chi connectivity index (χ4n) is 8.16. The van der Waals surface area contributed by atoms with E-state index in [4.69, 9.17) is 7.48 Å². The van der Waals surface area contributed by atoms with Crippen molar-refractivity contribution in [2.24, 2.45) is 40.4 Å². The van der Waals surface area contributed by atoms with Gasteiger partial charge in [0.15, 0.2) is 0 Å². The molecule has 0 radical (unpaired) electrons. The van der Waals surface area contributed by atoms with Crippen LogP contribution in [0.25, 0.3) is 0 Å². The highest BCUT2D eigenvalue weighted by Crippen LogP contribution is 2.68. The van der Waals surface area contributed by atoms with Crippen LogP contribution in [-0.2, 0) is 9.53 Å². The Labute approximate surface area is 149 Å². The molecule has 8 atom stereocenters. The van der Waals surface area contributed by atoms with Crippen LogP contribution in [0.1, 0.15) is 81.3 Å². The van der Waals surface area contributed by atoms with Gasteiger partial charge in [0, 0.05) is 5.92 Å². The first-order valence-corrected chi connectivity index (χ1v) is 10.3. The second-order valence-corrected chi connectivity index (χ2v) is 10.3. The van der Waals surface area contributed by atoms with Crippen LogP contribution in [0.3, 0.4) is 0 Å². The Kier molecular flexibility index (Phi) is 2.80. The van der Waals surface area contributed by atoms with E-state index in [-0.39, 0.29) is 5.41 Å². The molecule has 5 aliphatic rings. The minimum absolute atomic E-state index is 0.239. The summed E-state index contributed by atoms with van der Waals surface area (Å²) in [6, 6.07) is 0. The molecule has 0 unspecified atom stereocenters. The quantitative estimate of drug-likeness (QED) is 0.632. The number of carbonyl (C=O) groups is 1. The molecule has 0 aromatic rings.